The van der Waals surface area contributed by atoms with Crippen molar-refractivity contribution < 1.29 is 4.79 Å². The molecule has 0 aliphatic carbocycles. The van der Waals surface area contributed by atoms with Crippen molar-refractivity contribution in [1.82, 2.24) is 4.90 Å². The lowest BCUT2D eigenvalue weighted by Gasteiger charge is -2.28. The predicted octanol–water partition coefficient (Wildman–Crippen LogP) is 0.678. The number of amides is 1. The molecule has 66 valence electrons. The topological polar surface area (TPSA) is 44.1 Å². The van der Waals surface area contributed by atoms with Crippen LogP contribution >= 0.6 is 12.6 Å². The van der Waals surface area contributed by atoms with Crippen LogP contribution in [0.15, 0.2) is 0 Å². The summed E-state index contributed by atoms with van der Waals surface area (Å²) in [6, 6.07) is 2.22. The van der Waals surface area contributed by atoms with Gasteiger partial charge >= 0.3 is 0 Å². The molecule has 0 spiro atoms. The summed E-state index contributed by atoms with van der Waals surface area (Å²) in [5.74, 6) is 0.501. The molecule has 1 aliphatic rings. The van der Waals surface area contributed by atoms with E-state index in [9.17, 15) is 4.79 Å². The zero-order chi connectivity index (χ0) is 8.97. The fourth-order valence-electron chi connectivity index (χ4n) is 1.36. The number of nitriles is 1. The normalized spacial score (nSPS) is 18.8. The van der Waals surface area contributed by atoms with Gasteiger partial charge in [-0.2, -0.15) is 17.9 Å². The number of likely N-dealkylation sites (tertiary alicyclic amines) is 1. The van der Waals surface area contributed by atoms with Gasteiger partial charge in [-0.3, -0.25) is 4.79 Å². The fraction of sp³-hybridized carbons (Fsp3) is 0.750. The summed E-state index contributed by atoms with van der Waals surface area (Å²) in [5, 5.41) is 8.60. The minimum Gasteiger partial charge on any atom is -0.342 e. The molecule has 0 saturated carbocycles. The first-order valence-electron chi connectivity index (χ1n) is 4.06. The number of nitrogens with zero attached hydrogens (tertiary/aromatic N) is 2. The van der Waals surface area contributed by atoms with E-state index < -0.39 is 0 Å². The molecule has 4 heteroatoms. The molecule has 0 radical (unpaired) electrons. The highest BCUT2D eigenvalue weighted by Gasteiger charge is 2.21. The van der Waals surface area contributed by atoms with E-state index in [0.717, 1.165) is 25.9 Å². The zero-order valence-corrected chi connectivity index (χ0v) is 7.76. The van der Waals surface area contributed by atoms with Crippen LogP contribution in [0, 0.1) is 17.2 Å². The number of hydrogen-bond donors (Lipinski definition) is 1. The van der Waals surface area contributed by atoms with Crippen molar-refractivity contribution in [2.45, 2.75) is 12.8 Å². The summed E-state index contributed by atoms with van der Waals surface area (Å²) < 4.78 is 0. The van der Waals surface area contributed by atoms with Gasteiger partial charge in [0, 0.05) is 19.0 Å². The van der Waals surface area contributed by atoms with E-state index in [1.807, 2.05) is 0 Å². The lowest BCUT2D eigenvalue weighted by atomic mass is 9.99. The van der Waals surface area contributed by atoms with Crippen LogP contribution in [-0.2, 0) is 4.79 Å². The summed E-state index contributed by atoms with van der Waals surface area (Å²) in [5.41, 5.74) is 0. The van der Waals surface area contributed by atoms with Crippen LogP contribution in [-0.4, -0.2) is 29.6 Å². The van der Waals surface area contributed by atoms with Crippen LogP contribution in [0.25, 0.3) is 0 Å². The van der Waals surface area contributed by atoms with E-state index in [4.69, 9.17) is 5.26 Å². The van der Waals surface area contributed by atoms with Crippen molar-refractivity contribution in [3.8, 4) is 6.07 Å². The molecular formula is C8H12N2OS. The minimum absolute atomic E-state index is 0.0784. The first-order valence-corrected chi connectivity index (χ1v) is 4.69. The number of carbonyl (C=O) groups is 1. The van der Waals surface area contributed by atoms with Crippen molar-refractivity contribution in [3.05, 3.63) is 0 Å². The van der Waals surface area contributed by atoms with Gasteiger partial charge in [0.2, 0.25) is 5.91 Å². The van der Waals surface area contributed by atoms with Gasteiger partial charge in [-0.15, -0.1) is 0 Å². The second-order valence-electron chi connectivity index (χ2n) is 2.94. The number of hydrogen-bond acceptors (Lipinski definition) is 3. The molecule has 0 aromatic heterocycles. The third kappa shape index (κ3) is 2.15. The lowest BCUT2D eigenvalue weighted by Crippen LogP contribution is -2.38. The fourth-order valence-corrected chi connectivity index (χ4v) is 1.56. The van der Waals surface area contributed by atoms with E-state index in [-0.39, 0.29) is 17.6 Å². The average Bonchev–Trinajstić information content (AvgIpc) is 2.17. The van der Waals surface area contributed by atoms with Crippen molar-refractivity contribution in [1.29, 1.82) is 5.26 Å². The van der Waals surface area contributed by atoms with Crippen LogP contribution < -0.4 is 0 Å². The van der Waals surface area contributed by atoms with Crippen LogP contribution in [0.2, 0.25) is 0 Å². The standard InChI is InChI=1S/C8H12N2OS/c9-5-7-1-3-10(4-2-7)8(11)6-12/h7,12H,1-4,6H2. The molecule has 1 aliphatic heterocycles. The Bertz CT molecular complexity index is 204. The largest absolute Gasteiger partial charge is 0.342 e. The van der Waals surface area contributed by atoms with Gasteiger partial charge in [0.15, 0.2) is 0 Å². The maximum atomic E-state index is 11.1. The average molecular weight is 184 g/mol. The third-order valence-corrected chi connectivity index (χ3v) is 2.44. The molecule has 0 atom stereocenters. The Morgan fingerprint density at radius 1 is 1.58 bits per heavy atom. The van der Waals surface area contributed by atoms with E-state index in [0.29, 0.717) is 0 Å². The Labute approximate surface area is 77.8 Å². The summed E-state index contributed by atoms with van der Waals surface area (Å²) in [6.07, 6.45) is 1.63. The first kappa shape index (κ1) is 9.40. The summed E-state index contributed by atoms with van der Waals surface area (Å²) in [6.45, 7) is 1.44. The molecule has 0 unspecified atom stereocenters. The molecule has 0 aromatic carbocycles. The molecule has 1 fully saturated rings. The number of rotatable bonds is 1. The molecular weight excluding hydrogens is 172 g/mol. The minimum atomic E-state index is 0.0784. The van der Waals surface area contributed by atoms with Crippen molar-refractivity contribution >= 4 is 18.5 Å². The molecule has 0 aromatic rings. The molecule has 3 nitrogen and oxygen atoms in total. The van der Waals surface area contributed by atoms with E-state index in [1.165, 1.54) is 0 Å². The second-order valence-corrected chi connectivity index (χ2v) is 3.26. The van der Waals surface area contributed by atoms with Gasteiger partial charge in [0.05, 0.1) is 11.8 Å². The van der Waals surface area contributed by atoms with Crippen LogP contribution in [0.4, 0.5) is 0 Å². The first-order chi connectivity index (χ1) is 5.77. The van der Waals surface area contributed by atoms with Gasteiger partial charge in [0.1, 0.15) is 0 Å². The van der Waals surface area contributed by atoms with E-state index >= 15 is 0 Å². The smallest absolute Gasteiger partial charge is 0.232 e. The van der Waals surface area contributed by atoms with Gasteiger partial charge in [-0.25, -0.2) is 0 Å². The Hall–Kier alpha value is -0.690. The van der Waals surface area contributed by atoms with Gasteiger partial charge in [-0.05, 0) is 12.8 Å². The number of thiol groups is 1. The zero-order valence-electron chi connectivity index (χ0n) is 6.86. The lowest BCUT2D eigenvalue weighted by molar-refractivity contribution is -0.129. The molecule has 12 heavy (non-hydrogen) atoms. The maximum Gasteiger partial charge on any atom is 0.232 e. The Kier molecular flexibility index (Phi) is 3.42. The summed E-state index contributed by atoms with van der Waals surface area (Å²) in [4.78, 5) is 12.9. The third-order valence-electron chi connectivity index (χ3n) is 2.17. The SMILES string of the molecule is N#CC1CCN(C(=O)CS)CC1. The summed E-state index contributed by atoms with van der Waals surface area (Å²) >= 11 is 3.91. The van der Waals surface area contributed by atoms with Crippen LogP contribution in [0.1, 0.15) is 12.8 Å². The van der Waals surface area contributed by atoms with Crippen molar-refractivity contribution in [3.63, 3.8) is 0 Å². The molecule has 1 saturated heterocycles. The monoisotopic (exact) mass is 184 g/mol. The van der Waals surface area contributed by atoms with Gasteiger partial charge < -0.3 is 4.90 Å². The maximum absolute atomic E-state index is 11.1. The van der Waals surface area contributed by atoms with Crippen LogP contribution in [0.3, 0.4) is 0 Å². The van der Waals surface area contributed by atoms with Gasteiger partial charge in [-0.1, -0.05) is 0 Å². The number of carbonyl (C=O) groups excluding carboxylic acids is 1. The molecule has 1 rings (SSSR count). The highest BCUT2D eigenvalue weighted by atomic mass is 32.1. The predicted molar refractivity (Wildman–Crippen MR) is 48.8 cm³/mol. The van der Waals surface area contributed by atoms with Crippen LogP contribution in [0.5, 0.6) is 0 Å². The Morgan fingerprint density at radius 2 is 2.17 bits per heavy atom. The van der Waals surface area contributed by atoms with Crippen molar-refractivity contribution in [2.24, 2.45) is 5.92 Å². The van der Waals surface area contributed by atoms with E-state index in [2.05, 4.69) is 18.7 Å². The highest BCUT2D eigenvalue weighted by Crippen LogP contribution is 2.15. The van der Waals surface area contributed by atoms with E-state index in [1.54, 1.807) is 4.90 Å². The quantitative estimate of drug-likeness (QED) is 0.609. The highest BCUT2D eigenvalue weighted by molar-refractivity contribution is 7.81. The second kappa shape index (κ2) is 4.36. The molecule has 1 heterocycles. The number of piperidine rings is 1. The summed E-state index contributed by atoms with van der Waals surface area (Å²) in [7, 11) is 0. The Balaban J connectivity index is 2.37. The molecule has 1 amide bonds. The van der Waals surface area contributed by atoms with Crippen molar-refractivity contribution in [2.75, 3.05) is 18.8 Å². The molecule has 0 bridgehead atoms. The van der Waals surface area contributed by atoms with Gasteiger partial charge in [0.25, 0.3) is 0 Å². The molecule has 0 N–H and O–H groups in total. The Morgan fingerprint density at radius 3 is 2.58 bits per heavy atom.